The molecule has 5 heteroatoms. The van der Waals surface area contributed by atoms with Crippen LogP contribution in [0.2, 0.25) is 0 Å². The lowest BCUT2D eigenvalue weighted by atomic mass is 10.1. The van der Waals surface area contributed by atoms with Crippen molar-refractivity contribution in [2.45, 2.75) is 30.9 Å². The Kier molecular flexibility index (Phi) is 6.42. The van der Waals surface area contributed by atoms with Crippen LogP contribution in [-0.4, -0.2) is 16.9 Å². The summed E-state index contributed by atoms with van der Waals surface area (Å²) in [7, 11) is 0. The van der Waals surface area contributed by atoms with Crippen LogP contribution in [-0.2, 0) is 4.79 Å². The number of amides is 1. The third kappa shape index (κ3) is 5.52. The van der Waals surface area contributed by atoms with E-state index in [2.05, 4.69) is 26.5 Å². The Morgan fingerprint density at radius 1 is 1.13 bits per heavy atom. The third-order valence-electron chi connectivity index (χ3n) is 3.30. The second-order valence-corrected chi connectivity index (χ2v) is 7.58. The molecule has 0 aromatic heterocycles. The van der Waals surface area contributed by atoms with Gasteiger partial charge in [-0.05, 0) is 50.6 Å². The summed E-state index contributed by atoms with van der Waals surface area (Å²) in [5, 5.41) is 3.98. The van der Waals surface area contributed by atoms with E-state index >= 15 is 0 Å². The summed E-state index contributed by atoms with van der Waals surface area (Å²) in [6.45, 7) is 5.80. The van der Waals surface area contributed by atoms with Crippen molar-refractivity contribution in [2.75, 3.05) is 0 Å². The lowest BCUT2D eigenvalue weighted by Crippen LogP contribution is -2.27. The van der Waals surface area contributed by atoms with Crippen LogP contribution in [0.15, 0.2) is 63.0 Å². The van der Waals surface area contributed by atoms with Gasteiger partial charge in [0, 0.05) is 9.37 Å². The molecule has 2 rings (SSSR count). The number of hydrazone groups is 1. The summed E-state index contributed by atoms with van der Waals surface area (Å²) >= 11 is 4.92. The van der Waals surface area contributed by atoms with Gasteiger partial charge in [-0.25, -0.2) is 5.43 Å². The number of hydrogen-bond acceptors (Lipinski definition) is 3. The standard InChI is InChI=1S/C18H19BrN2OS/c1-12-4-10-17(11-5-12)23-14(3)18(22)21-20-13(2)15-6-8-16(19)9-7-15/h4-11,14H,1-3H3,(H,21,22)/b20-13-/t14-/m0/s1. The van der Waals surface area contributed by atoms with E-state index < -0.39 is 0 Å². The van der Waals surface area contributed by atoms with Crippen molar-refractivity contribution < 1.29 is 4.79 Å². The van der Waals surface area contributed by atoms with Crippen molar-refractivity contribution in [3.8, 4) is 0 Å². The molecule has 0 spiro atoms. The maximum Gasteiger partial charge on any atom is 0.253 e. The van der Waals surface area contributed by atoms with Gasteiger partial charge in [0.1, 0.15) is 0 Å². The lowest BCUT2D eigenvalue weighted by molar-refractivity contribution is -0.120. The normalized spacial score (nSPS) is 12.8. The van der Waals surface area contributed by atoms with Gasteiger partial charge in [-0.2, -0.15) is 5.10 Å². The Morgan fingerprint density at radius 2 is 1.74 bits per heavy atom. The molecule has 0 heterocycles. The third-order valence-corrected chi connectivity index (χ3v) is 4.94. The van der Waals surface area contributed by atoms with Crippen molar-refractivity contribution >= 4 is 39.3 Å². The Labute approximate surface area is 149 Å². The first kappa shape index (κ1) is 17.8. The van der Waals surface area contributed by atoms with E-state index in [0.29, 0.717) is 0 Å². The van der Waals surface area contributed by atoms with E-state index in [1.165, 1.54) is 17.3 Å². The highest BCUT2D eigenvalue weighted by Gasteiger charge is 2.13. The van der Waals surface area contributed by atoms with E-state index in [-0.39, 0.29) is 11.2 Å². The molecule has 120 valence electrons. The number of benzene rings is 2. The van der Waals surface area contributed by atoms with Crippen LogP contribution >= 0.6 is 27.7 Å². The minimum Gasteiger partial charge on any atom is -0.272 e. The highest BCUT2D eigenvalue weighted by Crippen LogP contribution is 2.23. The highest BCUT2D eigenvalue weighted by atomic mass is 79.9. The van der Waals surface area contributed by atoms with Crippen molar-refractivity contribution in [1.82, 2.24) is 5.43 Å². The van der Waals surface area contributed by atoms with Gasteiger partial charge in [-0.3, -0.25) is 4.79 Å². The van der Waals surface area contributed by atoms with Crippen LogP contribution in [0.5, 0.6) is 0 Å². The number of rotatable bonds is 5. The largest absolute Gasteiger partial charge is 0.272 e. The van der Waals surface area contributed by atoms with Gasteiger partial charge in [0.2, 0.25) is 0 Å². The topological polar surface area (TPSA) is 41.5 Å². The zero-order valence-electron chi connectivity index (χ0n) is 13.3. The summed E-state index contributed by atoms with van der Waals surface area (Å²) in [5.74, 6) is -0.105. The molecule has 1 amide bonds. The number of hydrogen-bond donors (Lipinski definition) is 1. The molecule has 0 aliphatic heterocycles. The summed E-state index contributed by atoms with van der Waals surface area (Å²) in [6, 6.07) is 16.0. The van der Waals surface area contributed by atoms with E-state index in [1.807, 2.05) is 69.3 Å². The molecule has 2 aromatic carbocycles. The number of halogens is 1. The summed E-state index contributed by atoms with van der Waals surface area (Å²) in [4.78, 5) is 13.2. The predicted molar refractivity (Wildman–Crippen MR) is 101 cm³/mol. The Morgan fingerprint density at radius 3 is 2.35 bits per heavy atom. The fourth-order valence-corrected chi connectivity index (χ4v) is 2.99. The molecule has 1 N–H and O–H groups in total. The van der Waals surface area contributed by atoms with Gasteiger partial charge < -0.3 is 0 Å². The first-order chi connectivity index (χ1) is 11.0. The smallest absolute Gasteiger partial charge is 0.253 e. The quantitative estimate of drug-likeness (QED) is 0.453. The van der Waals surface area contributed by atoms with Crippen LogP contribution in [0.25, 0.3) is 0 Å². The van der Waals surface area contributed by atoms with Gasteiger partial charge in [0.15, 0.2) is 0 Å². The van der Waals surface area contributed by atoms with Gasteiger partial charge in [0.05, 0.1) is 11.0 Å². The van der Waals surface area contributed by atoms with E-state index in [1.54, 1.807) is 0 Å². The van der Waals surface area contributed by atoms with Crippen LogP contribution in [0, 0.1) is 6.92 Å². The second kappa shape index (κ2) is 8.31. The minimum atomic E-state index is -0.209. The molecule has 0 radical (unpaired) electrons. The fourth-order valence-electron chi connectivity index (χ4n) is 1.86. The molecule has 1 atom stereocenters. The SMILES string of the molecule is C/C(=N/NC(=O)[C@H](C)Sc1ccc(C)cc1)c1ccc(Br)cc1. The van der Waals surface area contributed by atoms with Gasteiger partial charge >= 0.3 is 0 Å². The van der Waals surface area contributed by atoms with Gasteiger partial charge in [-0.15, -0.1) is 11.8 Å². The number of nitrogens with zero attached hydrogens (tertiary/aromatic N) is 1. The van der Waals surface area contributed by atoms with Gasteiger partial charge in [-0.1, -0.05) is 45.8 Å². The fraction of sp³-hybridized carbons (Fsp3) is 0.222. The molecular weight excluding hydrogens is 372 g/mol. The molecule has 3 nitrogen and oxygen atoms in total. The first-order valence-electron chi connectivity index (χ1n) is 7.29. The molecule has 0 fully saturated rings. The van der Waals surface area contributed by atoms with Crippen molar-refractivity contribution in [3.63, 3.8) is 0 Å². The number of nitrogens with one attached hydrogen (secondary N) is 1. The van der Waals surface area contributed by atoms with Crippen LogP contribution in [0.1, 0.15) is 25.0 Å². The maximum absolute atomic E-state index is 12.2. The average molecular weight is 391 g/mol. The molecule has 0 aliphatic rings. The zero-order valence-corrected chi connectivity index (χ0v) is 15.7. The Balaban J connectivity index is 1.93. The minimum absolute atomic E-state index is 0.105. The zero-order chi connectivity index (χ0) is 16.8. The monoisotopic (exact) mass is 390 g/mol. The number of thioether (sulfide) groups is 1. The van der Waals surface area contributed by atoms with Crippen molar-refractivity contribution in [2.24, 2.45) is 5.10 Å². The molecule has 0 bridgehead atoms. The summed E-state index contributed by atoms with van der Waals surface area (Å²) in [5.41, 5.74) is 5.61. The van der Waals surface area contributed by atoms with Crippen molar-refractivity contribution in [1.29, 1.82) is 0 Å². The van der Waals surface area contributed by atoms with Crippen LogP contribution in [0.4, 0.5) is 0 Å². The Hall–Kier alpha value is -1.59. The number of carbonyl (C=O) groups is 1. The second-order valence-electron chi connectivity index (χ2n) is 5.25. The van der Waals surface area contributed by atoms with Crippen molar-refractivity contribution in [3.05, 3.63) is 64.1 Å². The lowest BCUT2D eigenvalue weighted by Gasteiger charge is -2.10. The van der Waals surface area contributed by atoms with Gasteiger partial charge in [0.25, 0.3) is 5.91 Å². The van der Waals surface area contributed by atoms with Crippen LogP contribution in [0.3, 0.4) is 0 Å². The molecule has 0 saturated heterocycles. The van der Waals surface area contributed by atoms with E-state index in [9.17, 15) is 4.79 Å². The molecule has 2 aromatic rings. The molecule has 0 saturated carbocycles. The highest BCUT2D eigenvalue weighted by molar-refractivity contribution is 9.10. The molecule has 0 unspecified atom stereocenters. The first-order valence-corrected chi connectivity index (χ1v) is 8.96. The maximum atomic E-state index is 12.2. The van der Waals surface area contributed by atoms with Crippen LogP contribution < -0.4 is 5.43 Å². The summed E-state index contributed by atoms with van der Waals surface area (Å²) < 4.78 is 1.02. The summed E-state index contributed by atoms with van der Waals surface area (Å²) in [6.07, 6.45) is 0. The molecular formula is C18H19BrN2OS. The van der Waals surface area contributed by atoms with E-state index in [4.69, 9.17) is 0 Å². The molecule has 23 heavy (non-hydrogen) atoms. The average Bonchev–Trinajstić information content (AvgIpc) is 2.55. The Bertz CT molecular complexity index is 696. The predicted octanol–water partition coefficient (Wildman–Crippen LogP) is 4.78. The number of aryl methyl sites for hydroxylation is 1. The molecule has 0 aliphatic carbocycles. The van der Waals surface area contributed by atoms with E-state index in [0.717, 1.165) is 20.6 Å². The number of carbonyl (C=O) groups excluding carboxylic acids is 1.